The van der Waals surface area contributed by atoms with E-state index in [4.69, 9.17) is 16.3 Å². The fraction of sp³-hybridized carbons (Fsp3) is 0.462. The van der Waals surface area contributed by atoms with Gasteiger partial charge in [0.25, 0.3) is 0 Å². The van der Waals surface area contributed by atoms with Crippen molar-refractivity contribution < 1.29 is 9.53 Å². The minimum absolute atomic E-state index is 0.151. The van der Waals surface area contributed by atoms with Crippen LogP contribution in [0.25, 0.3) is 0 Å². The monoisotopic (exact) mass is 240 g/mol. The highest BCUT2D eigenvalue weighted by molar-refractivity contribution is 6.18. The van der Waals surface area contributed by atoms with Crippen LogP contribution in [0.5, 0.6) is 5.75 Å². The number of hydrogen-bond donors (Lipinski definition) is 0. The van der Waals surface area contributed by atoms with Gasteiger partial charge in [-0.25, -0.2) is 0 Å². The van der Waals surface area contributed by atoms with Gasteiger partial charge in [0.2, 0.25) is 0 Å². The molecule has 0 bridgehead atoms. The summed E-state index contributed by atoms with van der Waals surface area (Å²) in [5.41, 5.74) is 1.82. The molecule has 0 atom stereocenters. The summed E-state index contributed by atoms with van der Waals surface area (Å²) in [6.07, 6.45) is 2.10. The first-order valence-electron chi connectivity index (χ1n) is 5.49. The van der Waals surface area contributed by atoms with Crippen LogP contribution >= 0.6 is 11.6 Å². The molecule has 0 aromatic heterocycles. The van der Waals surface area contributed by atoms with Gasteiger partial charge in [-0.2, -0.15) is 0 Å². The molecule has 0 radical (unpaired) electrons. The molecule has 0 heterocycles. The molecule has 0 saturated heterocycles. The molecule has 1 rings (SSSR count). The fourth-order valence-corrected chi connectivity index (χ4v) is 1.73. The van der Waals surface area contributed by atoms with Gasteiger partial charge < -0.3 is 4.74 Å². The Morgan fingerprint density at radius 3 is 2.75 bits per heavy atom. The van der Waals surface area contributed by atoms with Crippen molar-refractivity contribution in [2.75, 3.05) is 13.0 Å². The van der Waals surface area contributed by atoms with E-state index in [1.165, 1.54) is 0 Å². The molecular weight excluding hydrogens is 224 g/mol. The maximum atomic E-state index is 11.8. The van der Waals surface area contributed by atoms with Crippen LogP contribution in [0.3, 0.4) is 0 Å². The minimum atomic E-state index is 0.151. The number of benzene rings is 1. The predicted molar refractivity (Wildman–Crippen MR) is 66.7 cm³/mol. The molecule has 3 heteroatoms. The molecule has 0 aliphatic rings. The van der Waals surface area contributed by atoms with Crippen LogP contribution in [-0.2, 0) is 6.42 Å². The number of carbonyl (C=O) groups is 1. The number of ether oxygens (including phenoxy) is 1. The van der Waals surface area contributed by atoms with Gasteiger partial charge in [-0.05, 0) is 36.6 Å². The van der Waals surface area contributed by atoms with Crippen molar-refractivity contribution in [3.63, 3.8) is 0 Å². The summed E-state index contributed by atoms with van der Waals surface area (Å²) in [7, 11) is 1.64. The van der Waals surface area contributed by atoms with Crippen LogP contribution in [-0.4, -0.2) is 18.8 Å². The van der Waals surface area contributed by atoms with Crippen LogP contribution < -0.4 is 4.74 Å². The molecule has 0 aliphatic carbocycles. The van der Waals surface area contributed by atoms with E-state index >= 15 is 0 Å². The van der Waals surface area contributed by atoms with Crippen molar-refractivity contribution in [1.29, 1.82) is 0 Å². The lowest BCUT2D eigenvalue weighted by molar-refractivity contribution is 0.0982. The molecule has 0 fully saturated rings. The minimum Gasteiger partial charge on any atom is -0.496 e. The Bertz CT molecular complexity index is 361. The number of halogens is 1. The van der Waals surface area contributed by atoms with Gasteiger partial charge in [-0.3, -0.25) is 4.79 Å². The Kier molecular flexibility index (Phi) is 5.33. The standard InChI is InChI=1S/C13H17ClO2/c1-3-10-9-11(6-7-13(10)16-2)12(15)5-4-8-14/h6-7,9H,3-5,8H2,1-2H3. The highest BCUT2D eigenvalue weighted by Crippen LogP contribution is 2.21. The van der Waals surface area contributed by atoms with E-state index in [2.05, 4.69) is 0 Å². The molecule has 0 spiro atoms. The number of rotatable bonds is 6. The Hall–Kier alpha value is -1.02. The van der Waals surface area contributed by atoms with Gasteiger partial charge in [-0.1, -0.05) is 6.92 Å². The van der Waals surface area contributed by atoms with Gasteiger partial charge in [0, 0.05) is 17.9 Å². The highest BCUT2D eigenvalue weighted by atomic mass is 35.5. The van der Waals surface area contributed by atoms with Crippen molar-refractivity contribution in [2.24, 2.45) is 0 Å². The second-order valence-electron chi connectivity index (χ2n) is 3.60. The van der Waals surface area contributed by atoms with Crippen LogP contribution in [0.2, 0.25) is 0 Å². The van der Waals surface area contributed by atoms with Gasteiger partial charge >= 0.3 is 0 Å². The van der Waals surface area contributed by atoms with Crippen molar-refractivity contribution in [3.8, 4) is 5.75 Å². The van der Waals surface area contributed by atoms with Crippen LogP contribution in [0.4, 0.5) is 0 Å². The third-order valence-corrected chi connectivity index (χ3v) is 2.79. The lowest BCUT2D eigenvalue weighted by atomic mass is 10.0. The third kappa shape index (κ3) is 3.24. The zero-order valence-electron chi connectivity index (χ0n) is 9.75. The third-order valence-electron chi connectivity index (χ3n) is 2.52. The Labute approximate surface area is 102 Å². The summed E-state index contributed by atoms with van der Waals surface area (Å²) in [6, 6.07) is 5.58. The number of Topliss-reactive ketones (excluding diaryl/α,β-unsaturated/α-hetero) is 1. The second-order valence-corrected chi connectivity index (χ2v) is 3.97. The summed E-state index contributed by atoms with van der Waals surface area (Å²) in [5, 5.41) is 0. The van der Waals surface area contributed by atoms with E-state index in [1.807, 2.05) is 25.1 Å². The Morgan fingerprint density at radius 2 is 2.19 bits per heavy atom. The van der Waals surface area contributed by atoms with E-state index in [-0.39, 0.29) is 5.78 Å². The first kappa shape index (κ1) is 13.0. The molecule has 0 saturated carbocycles. The van der Waals surface area contributed by atoms with E-state index < -0.39 is 0 Å². The molecule has 1 aromatic rings. The number of methoxy groups -OCH3 is 1. The maximum absolute atomic E-state index is 11.8. The van der Waals surface area contributed by atoms with Gasteiger partial charge in [0.05, 0.1) is 7.11 Å². The largest absolute Gasteiger partial charge is 0.496 e. The zero-order chi connectivity index (χ0) is 12.0. The average molecular weight is 241 g/mol. The average Bonchev–Trinajstić information content (AvgIpc) is 2.34. The zero-order valence-corrected chi connectivity index (χ0v) is 10.5. The first-order chi connectivity index (χ1) is 7.72. The smallest absolute Gasteiger partial charge is 0.162 e. The van der Waals surface area contributed by atoms with Crippen molar-refractivity contribution in [1.82, 2.24) is 0 Å². The normalized spacial score (nSPS) is 10.2. The van der Waals surface area contributed by atoms with Crippen molar-refractivity contribution in [3.05, 3.63) is 29.3 Å². The molecule has 0 amide bonds. The van der Waals surface area contributed by atoms with E-state index in [1.54, 1.807) is 7.11 Å². The van der Waals surface area contributed by atoms with Crippen LogP contribution in [0.15, 0.2) is 18.2 Å². The number of hydrogen-bond acceptors (Lipinski definition) is 2. The van der Waals surface area contributed by atoms with Crippen molar-refractivity contribution in [2.45, 2.75) is 26.2 Å². The summed E-state index contributed by atoms with van der Waals surface area (Å²) in [4.78, 5) is 11.8. The fourth-order valence-electron chi connectivity index (χ4n) is 1.60. The van der Waals surface area contributed by atoms with Crippen molar-refractivity contribution >= 4 is 17.4 Å². The highest BCUT2D eigenvalue weighted by Gasteiger charge is 2.08. The number of aryl methyl sites for hydroxylation is 1. The summed E-state index contributed by atoms with van der Waals surface area (Å²) in [5.74, 6) is 1.53. The lowest BCUT2D eigenvalue weighted by Gasteiger charge is -2.08. The molecule has 0 N–H and O–H groups in total. The molecule has 16 heavy (non-hydrogen) atoms. The SMILES string of the molecule is CCc1cc(C(=O)CCCCl)ccc1OC. The quantitative estimate of drug-likeness (QED) is 0.562. The molecule has 88 valence electrons. The number of alkyl halides is 1. The van der Waals surface area contributed by atoms with Gasteiger partial charge in [0.15, 0.2) is 5.78 Å². The second kappa shape index (κ2) is 6.54. The van der Waals surface area contributed by atoms with Crippen LogP contribution in [0, 0.1) is 0 Å². The Morgan fingerprint density at radius 1 is 1.44 bits per heavy atom. The van der Waals surface area contributed by atoms with E-state index in [0.29, 0.717) is 12.3 Å². The summed E-state index contributed by atoms with van der Waals surface area (Å²) in [6.45, 7) is 2.05. The van der Waals surface area contributed by atoms with Gasteiger partial charge in [-0.15, -0.1) is 11.6 Å². The van der Waals surface area contributed by atoms with E-state index in [9.17, 15) is 4.79 Å². The lowest BCUT2D eigenvalue weighted by Crippen LogP contribution is -2.01. The Balaban J connectivity index is 2.85. The topological polar surface area (TPSA) is 26.3 Å². The van der Waals surface area contributed by atoms with Gasteiger partial charge in [0.1, 0.15) is 5.75 Å². The summed E-state index contributed by atoms with van der Waals surface area (Å²) < 4.78 is 5.22. The molecule has 1 aromatic carbocycles. The first-order valence-corrected chi connectivity index (χ1v) is 6.02. The molecular formula is C13H17ClO2. The van der Waals surface area contributed by atoms with Crippen LogP contribution in [0.1, 0.15) is 35.7 Å². The molecule has 2 nitrogen and oxygen atoms in total. The predicted octanol–water partition coefficient (Wildman–Crippen LogP) is 3.46. The number of ketones is 1. The number of carbonyl (C=O) groups excluding carboxylic acids is 1. The molecule has 0 unspecified atom stereocenters. The molecule has 0 aliphatic heterocycles. The summed E-state index contributed by atoms with van der Waals surface area (Å²) >= 11 is 5.57. The van der Waals surface area contributed by atoms with E-state index in [0.717, 1.165) is 29.7 Å². The maximum Gasteiger partial charge on any atom is 0.162 e.